The number of hydrogen-bond acceptors (Lipinski definition) is 5. The fraction of sp³-hybridized carbons (Fsp3) is 0.333. The van der Waals surface area contributed by atoms with E-state index < -0.39 is 22.9 Å². The van der Waals surface area contributed by atoms with Gasteiger partial charge in [0.25, 0.3) is 0 Å². The zero-order valence-electron chi connectivity index (χ0n) is 11.6. The normalized spacial score (nSPS) is 13.0. The molecule has 2 aromatic rings. The molecule has 0 saturated carbocycles. The highest BCUT2D eigenvalue weighted by atomic mass is 32.2. The zero-order valence-corrected chi connectivity index (χ0v) is 12.4. The summed E-state index contributed by atoms with van der Waals surface area (Å²) in [6.45, 7) is 1.61. The van der Waals surface area contributed by atoms with Crippen molar-refractivity contribution in [2.45, 2.75) is 23.5 Å². The van der Waals surface area contributed by atoms with Crippen LogP contribution in [0.5, 0.6) is 0 Å². The lowest BCUT2D eigenvalue weighted by molar-refractivity contribution is -0.137. The van der Waals surface area contributed by atoms with Crippen molar-refractivity contribution in [3.63, 3.8) is 0 Å². The highest BCUT2D eigenvalue weighted by Crippen LogP contribution is 2.31. The van der Waals surface area contributed by atoms with E-state index in [1.54, 1.807) is 14.0 Å². The Bertz CT molecular complexity index is 673. The summed E-state index contributed by atoms with van der Waals surface area (Å²) in [7, 11) is 1.62. The number of tetrazole rings is 1. The van der Waals surface area contributed by atoms with E-state index in [2.05, 4.69) is 20.8 Å². The molecule has 1 amide bonds. The van der Waals surface area contributed by atoms with Crippen molar-refractivity contribution in [1.82, 2.24) is 20.2 Å². The van der Waals surface area contributed by atoms with Gasteiger partial charge in [0.15, 0.2) is 0 Å². The molecule has 118 valence electrons. The molecular formula is C12H12F3N5OS. The highest BCUT2D eigenvalue weighted by Gasteiger charge is 2.30. The number of benzene rings is 1. The van der Waals surface area contributed by atoms with Gasteiger partial charge in [0.05, 0.1) is 10.8 Å². The van der Waals surface area contributed by atoms with E-state index in [1.165, 1.54) is 16.8 Å². The summed E-state index contributed by atoms with van der Waals surface area (Å²) in [4.78, 5) is 12.0. The number of anilines is 1. The summed E-state index contributed by atoms with van der Waals surface area (Å²) in [6, 6.07) is 4.47. The first kappa shape index (κ1) is 16.3. The molecule has 0 radical (unpaired) electrons. The average Bonchev–Trinajstić information content (AvgIpc) is 2.83. The molecule has 1 aromatic heterocycles. The Kier molecular flexibility index (Phi) is 4.69. The predicted molar refractivity (Wildman–Crippen MR) is 74.2 cm³/mol. The lowest BCUT2D eigenvalue weighted by Crippen LogP contribution is -2.23. The summed E-state index contributed by atoms with van der Waals surface area (Å²) < 4.78 is 39.3. The van der Waals surface area contributed by atoms with Crippen molar-refractivity contribution >= 4 is 23.4 Å². The third kappa shape index (κ3) is 3.97. The number of thioether (sulfide) groups is 1. The third-order valence-corrected chi connectivity index (χ3v) is 3.81. The molecule has 6 nitrogen and oxygen atoms in total. The SMILES string of the molecule is C[C@@H](Sc1nnnn1C)C(=O)Nc1cccc(C(F)(F)F)c1. The predicted octanol–water partition coefficient (Wildman–Crippen LogP) is 2.35. The highest BCUT2D eigenvalue weighted by molar-refractivity contribution is 8.00. The van der Waals surface area contributed by atoms with Gasteiger partial charge >= 0.3 is 6.18 Å². The number of aryl methyl sites for hydroxylation is 1. The first-order valence-electron chi connectivity index (χ1n) is 6.14. The number of halogens is 3. The number of carbonyl (C=O) groups is 1. The molecular weight excluding hydrogens is 319 g/mol. The molecule has 1 N–H and O–H groups in total. The minimum atomic E-state index is -4.45. The van der Waals surface area contributed by atoms with Crippen molar-refractivity contribution in [3.8, 4) is 0 Å². The fourth-order valence-corrected chi connectivity index (χ4v) is 2.30. The van der Waals surface area contributed by atoms with Gasteiger partial charge in [-0.2, -0.15) is 13.2 Å². The molecule has 10 heteroatoms. The molecule has 0 unspecified atom stereocenters. The van der Waals surface area contributed by atoms with Gasteiger partial charge in [-0.05, 0) is 35.5 Å². The van der Waals surface area contributed by atoms with Gasteiger partial charge in [-0.25, -0.2) is 4.68 Å². The van der Waals surface area contributed by atoms with Gasteiger partial charge in [-0.3, -0.25) is 4.79 Å². The Morgan fingerprint density at radius 3 is 2.73 bits per heavy atom. The maximum Gasteiger partial charge on any atom is 0.416 e. The maximum absolute atomic E-state index is 12.6. The number of aromatic nitrogens is 4. The first-order valence-corrected chi connectivity index (χ1v) is 7.02. The first-order chi connectivity index (χ1) is 10.3. The number of hydrogen-bond donors (Lipinski definition) is 1. The lowest BCUT2D eigenvalue weighted by atomic mass is 10.2. The molecule has 0 aliphatic rings. The summed E-state index contributed by atoms with van der Waals surface area (Å²) in [5.41, 5.74) is -0.730. The number of rotatable bonds is 4. The molecule has 0 aliphatic carbocycles. The number of alkyl halides is 3. The monoisotopic (exact) mass is 331 g/mol. The third-order valence-electron chi connectivity index (χ3n) is 2.69. The summed E-state index contributed by atoms with van der Waals surface area (Å²) in [6.07, 6.45) is -4.45. The number of nitrogens with one attached hydrogen (secondary N) is 1. The molecule has 1 atom stereocenters. The molecule has 0 aliphatic heterocycles. The fourth-order valence-electron chi connectivity index (χ4n) is 1.55. The molecule has 0 spiro atoms. The van der Waals surface area contributed by atoms with Crippen LogP contribution in [-0.2, 0) is 18.0 Å². The molecule has 1 heterocycles. The van der Waals surface area contributed by atoms with E-state index in [0.29, 0.717) is 5.16 Å². The van der Waals surface area contributed by atoms with Crippen molar-refractivity contribution < 1.29 is 18.0 Å². The van der Waals surface area contributed by atoms with Gasteiger partial charge in [0, 0.05) is 12.7 Å². The van der Waals surface area contributed by atoms with Crippen LogP contribution in [0.4, 0.5) is 18.9 Å². The minimum Gasteiger partial charge on any atom is -0.325 e. The topological polar surface area (TPSA) is 72.7 Å². The zero-order chi connectivity index (χ0) is 16.3. The average molecular weight is 331 g/mol. The second-order valence-corrected chi connectivity index (χ2v) is 5.72. The van der Waals surface area contributed by atoms with Crippen molar-refractivity contribution in [2.75, 3.05) is 5.32 Å². The van der Waals surface area contributed by atoms with Crippen LogP contribution in [0.3, 0.4) is 0 Å². The van der Waals surface area contributed by atoms with E-state index >= 15 is 0 Å². The molecule has 0 bridgehead atoms. The second kappa shape index (κ2) is 6.34. The second-order valence-electron chi connectivity index (χ2n) is 4.41. The van der Waals surface area contributed by atoms with Crippen LogP contribution in [-0.4, -0.2) is 31.4 Å². The molecule has 1 aromatic carbocycles. The number of amides is 1. The van der Waals surface area contributed by atoms with Crippen LogP contribution < -0.4 is 5.32 Å². The van der Waals surface area contributed by atoms with Gasteiger partial charge in [0.1, 0.15) is 0 Å². The van der Waals surface area contributed by atoms with Gasteiger partial charge < -0.3 is 5.32 Å². The van der Waals surface area contributed by atoms with Gasteiger partial charge in [0.2, 0.25) is 11.1 Å². The van der Waals surface area contributed by atoms with Crippen molar-refractivity contribution in [1.29, 1.82) is 0 Å². The van der Waals surface area contributed by atoms with E-state index in [-0.39, 0.29) is 5.69 Å². The lowest BCUT2D eigenvalue weighted by Gasteiger charge is -2.12. The van der Waals surface area contributed by atoms with Gasteiger partial charge in [-0.15, -0.1) is 5.10 Å². The Hall–Kier alpha value is -2.10. The van der Waals surface area contributed by atoms with Crippen LogP contribution in [0.15, 0.2) is 29.4 Å². The number of nitrogens with zero attached hydrogens (tertiary/aromatic N) is 4. The van der Waals surface area contributed by atoms with E-state index in [9.17, 15) is 18.0 Å². The molecule has 0 saturated heterocycles. The number of carbonyl (C=O) groups excluding carboxylic acids is 1. The summed E-state index contributed by atoms with van der Waals surface area (Å²) in [5, 5.41) is 13.1. The van der Waals surface area contributed by atoms with Crippen LogP contribution in [0.2, 0.25) is 0 Å². The van der Waals surface area contributed by atoms with E-state index in [0.717, 1.165) is 23.9 Å². The quantitative estimate of drug-likeness (QED) is 0.871. The molecule has 22 heavy (non-hydrogen) atoms. The van der Waals surface area contributed by atoms with Crippen LogP contribution in [0.1, 0.15) is 12.5 Å². The van der Waals surface area contributed by atoms with Crippen molar-refractivity contribution in [3.05, 3.63) is 29.8 Å². The molecule has 2 rings (SSSR count). The smallest absolute Gasteiger partial charge is 0.325 e. The van der Waals surface area contributed by atoms with Crippen LogP contribution in [0, 0.1) is 0 Å². The Morgan fingerprint density at radius 2 is 2.14 bits per heavy atom. The summed E-state index contributed by atoms with van der Waals surface area (Å²) in [5.74, 6) is -0.438. The minimum absolute atomic E-state index is 0.0864. The van der Waals surface area contributed by atoms with Crippen molar-refractivity contribution in [2.24, 2.45) is 7.05 Å². The standard InChI is InChI=1S/C12H12F3N5OS/c1-7(22-11-17-18-19-20(11)2)10(21)16-9-5-3-4-8(6-9)12(13,14)15/h3-7H,1-2H3,(H,16,21)/t7-/m1/s1. The maximum atomic E-state index is 12.6. The van der Waals surface area contributed by atoms with Gasteiger partial charge in [-0.1, -0.05) is 17.8 Å². The Labute approximate surface area is 128 Å². The van der Waals surface area contributed by atoms with Crippen LogP contribution in [0.25, 0.3) is 0 Å². The molecule has 0 fully saturated rings. The Balaban J connectivity index is 2.04. The summed E-state index contributed by atoms with van der Waals surface area (Å²) >= 11 is 1.11. The van der Waals surface area contributed by atoms with E-state index in [4.69, 9.17) is 0 Å². The Morgan fingerprint density at radius 1 is 1.41 bits per heavy atom. The van der Waals surface area contributed by atoms with E-state index in [1.807, 2.05) is 0 Å². The largest absolute Gasteiger partial charge is 0.416 e. The van der Waals surface area contributed by atoms with Crippen LogP contribution >= 0.6 is 11.8 Å².